The fraction of sp³-hybridized carbons (Fsp3) is 0.938. The molecule has 1 aliphatic carbocycles. The van der Waals surface area contributed by atoms with Crippen molar-refractivity contribution in [2.75, 3.05) is 0 Å². The van der Waals surface area contributed by atoms with Gasteiger partial charge in [0, 0.05) is 5.41 Å². The maximum atomic E-state index is 12.1. The highest BCUT2D eigenvalue weighted by molar-refractivity contribution is 5.88. The molecule has 108 valence electrons. The lowest BCUT2D eigenvalue weighted by Crippen LogP contribution is -2.40. The van der Waals surface area contributed by atoms with E-state index in [2.05, 4.69) is 6.92 Å². The predicted octanol–water partition coefficient (Wildman–Crippen LogP) is 4.32. The molecule has 0 aromatic carbocycles. The van der Waals surface area contributed by atoms with Gasteiger partial charge in [-0.1, -0.05) is 60.3 Å². The number of Topliss-reactive ketones (excluding diaryl/α,β-unsaturated/α-hetero) is 1. The first-order valence-corrected chi connectivity index (χ1v) is 7.77. The van der Waals surface area contributed by atoms with Gasteiger partial charge in [0.1, 0.15) is 0 Å². The van der Waals surface area contributed by atoms with E-state index in [9.17, 15) is 4.79 Å². The second-order valence-electron chi connectivity index (χ2n) is 5.94. The molecular weight excluding hydrogens is 222 g/mol. The van der Waals surface area contributed by atoms with Gasteiger partial charge >= 0.3 is 0 Å². The van der Waals surface area contributed by atoms with Gasteiger partial charge in [-0.05, 0) is 25.2 Å². The van der Waals surface area contributed by atoms with Crippen molar-refractivity contribution in [1.82, 2.24) is 0 Å². The van der Waals surface area contributed by atoms with Crippen LogP contribution in [0.3, 0.4) is 0 Å². The van der Waals surface area contributed by atoms with Crippen molar-refractivity contribution in [1.29, 1.82) is 0 Å². The van der Waals surface area contributed by atoms with Gasteiger partial charge < -0.3 is 5.73 Å². The van der Waals surface area contributed by atoms with Crippen LogP contribution in [-0.2, 0) is 4.79 Å². The number of hydrogen-bond donors (Lipinski definition) is 1. The maximum Gasteiger partial charge on any atom is 0.155 e. The van der Waals surface area contributed by atoms with Gasteiger partial charge in [0.15, 0.2) is 5.78 Å². The maximum absolute atomic E-state index is 12.1. The van der Waals surface area contributed by atoms with Crippen molar-refractivity contribution in [2.45, 2.75) is 85.6 Å². The van der Waals surface area contributed by atoms with Gasteiger partial charge in [0.25, 0.3) is 0 Å². The van der Waals surface area contributed by atoms with E-state index in [-0.39, 0.29) is 17.2 Å². The molecule has 2 N–H and O–H groups in total. The monoisotopic (exact) mass is 255 g/mol. The van der Waals surface area contributed by atoms with Gasteiger partial charge in [0.05, 0.1) is 6.04 Å². The van der Waals surface area contributed by atoms with E-state index in [1.807, 2.05) is 27.7 Å². The van der Waals surface area contributed by atoms with E-state index >= 15 is 0 Å². The summed E-state index contributed by atoms with van der Waals surface area (Å²) in [7, 11) is 0. The fourth-order valence-corrected chi connectivity index (χ4v) is 2.52. The van der Waals surface area contributed by atoms with Gasteiger partial charge in [-0.3, -0.25) is 4.79 Å². The molecule has 0 aromatic rings. The average Bonchev–Trinajstić information content (AvgIpc) is 2.90. The Kier molecular flexibility index (Phi) is 8.51. The molecule has 0 spiro atoms. The molecule has 18 heavy (non-hydrogen) atoms. The number of ketones is 1. The second kappa shape index (κ2) is 8.68. The van der Waals surface area contributed by atoms with Crippen LogP contribution in [0.4, 0.5) is 0 Å². The molecular formula is C16H33NO. The summed E-state index contributed by atoms with van der Waals surface area (Å²) in [5, 5.41) is 0. The van der Waals surface area contributed by atoms with Crippen molar-refractivity contribution in [3.8, 4) is 0 Å². The molecule has 2 nitrogen and oxygen atoms in total. The first-order valence-electron chi connectivity index (χ1n) is 7.77. The Labute approximate surface area is 114 Å². The lowest BCUT2D eigenvalue weighted by Gasteiger charge is -2.25. The van der Waals surface area contributed by atoms with Crippen LogP contribution < -0.4 is 5.73 Å². The van der Waals surface area contributed by atoms with Crippen LogP contribution in [-0.4, -0.2) is 11.8 Å². The van der Waals surface area contributed by atoms with Crippen LogP contribution in [0.25, 0.3) is 0 Å². The van der Waals surface area contributed by atoms with Crippen LogP contribution in [0.5, 0.6) is 0 Å². The number of carbonyl (C=O) groups excluding carboxylic acids is 1. The van der Waals surface area contributed by atoms with E-state index in [1.54, 1.807) is 0 Å². The smallest absolute Gasteiger partial charge is 0.155 e. The van der Waals surface area contributed by atoms with Crippen molar-refractivity contribution < 1.29 is 4.79 Å². The molecule has 0 aromatic heterocycles. The SMILES string of the molecule is CC.CCC(C)(C)C(=O)C(N)CCC1CCCC1. The molecule has 0 saturated heterocycles. The largest absolute Gasteiger partial charge is 0.321 e. The summed E-state index contributed by atoms with van der Waals surface area (Å²) in [6.45, 7) is 10.1. The zero-order chi connectivity index (χ0) is 14.2. The number of hydrogen-bond acceptors (Lipinski definition) is 2. The Morgan fingerprint density at radius 3 is 2.22 bits per heavy atom. The minimum absolute atomic E-state index is 0.240. The Balaban J connectivity index is 0.00000137. The van der Waals surface area contributed by atoms with Gasteiger partial charge in [-0.15, -0.1) is 0 Å². The molecule has 1 unspecified atom stereocenters. The fourth-order valence-electron chi connectivity index (χ4n) is 2.52. The molecule has 1 saturated carbocycles. The molecule has 1 fully saturated rings. The highest BCUT2D eigenvalue weighted by atomic mass is 16.1. The van der Waals surface area contributed by atoms with Crippen LogP contribution in [0.2, 0.25) is 0 Å². The average molecular weight is 255 g/mol. The van der Waals surface area contributed by atoms with Crippen molar-refractivity contribution in [3.63, 3.8) is 0 Å². The summed E-state index contributed by atoms with van der Waals surface area (Å²) in [4.78, 5) is 12.1. The van der Waals surface area contributed by atoms with Crippen LogP contribution in [0, 0.1) is 11.3 Å². The first-order chi connectivity index (χ1) is 8.47. The summed E-state index contributed by atoms with van der Waals surface area (Å²) in [5.74, 6) is 1.08. The molecule has 1 atom stereocenters. The standard InChI is InChI=1S/C14H27NO.C2H6/c1-4-14(2,3)13(16)12(15)10-9-11-7-5-6-8-11;1-2/h11-12H,4-10,15H2,1-3H3;1-2H3. The van der Waals surface area contributed by atoms with Crippen molar-refractivity contribution in [2.24, 2.45) is 17.1 Å². The predicted molar refractivity (Wildman–Crippen MR) is 79.6 cm³/mol. The number of nitrogens with two attached hydrogens (primary N) is 1. The third-order valence-electron chi connectivity index (χ3n) is 4.25. The minimum Gasteiger partial charge on any atom is -0.321 e. The summed E-state index contributed by atoms with van der Waals surface area (Å²) in [5.41, 5.74) is 5.77. The normalized spacial score (nSPS) is 18.1. The van der Waals surface area contributed by atoms with Crippen molar-refractivity contribution in [3.05, 3.63) is 0 Å². The Morgan fingerprint density at radius 2 is 1.78 bits per heavy atom. The number of carbonyl (C=O) groups is 1. The van der Waals surface area contributed by atoms with E-state index in [0.717, 1.165) is 25.2 Å². The molecule has 1 rings (SSSR count). The summed E-state index contributed by atoms with van der Waals surface area (Å²) in [6, 6.07) is -0.240. The molecule has 0 radical (unpaired) electrons. The highest BCUT2D eigenvalue weighted by Crippen LogP contribution is 2.30. The van der Waals surface area contributed by atoms with Crippen LogP contribution in [0.1, 0.15) is 79.6 Å². The van der Waals surface area contributed by atoms with E-state index in [1.165, 1.54) is 25.7 Å². The summed E-state index contributed by atoms with van der Waals surface area (Å²) >= 11 is 0. The second-order valence-corrected chi connectivity index (χ2v) is 5.94. The molecule has 0 aliphatic heterocycles. The molecule has 2 heteroatoms. The number of rotatable bonds is 6. The van der Waals surface area contributed by atoms with E-state index < -0.39 is 0 Å². The van der Waals surface area contributed by atoms with Crippen molar-refractivity contribution >= 4 is 5.78 Å². The van der Waals surface area contributed by atoms with Gasteiger partial charge in [-0.2, -0.15) is 0 Å². The minimum atomic E-state index is -0.241. The topological polar surface area (TPSA) is 43.1 Å². The van der Waals surface area contributed by atoms with Gasteiger partial charge in [-0.25, -0.2) is 0 Å². The zero-order valence-corrected chi connectivity index (χ0v) is 13.1. The lowest BCUT2D eigenvalue weighted by molar-refractivity contribution is -0.128. The molecule has 1 aliphatic rings. The Bertz CT molecular complexity index is 229. The Morgan fingerprint density at radius 1 is 1.28 bits per heavy atom. The van der Waals surface area contributed by atoms with Gasteiger partial charge in [0.2, 0.25) is 0 Å². The molecule has 0 bridgehead atoms. The van der Waals surface area contributed by atoms with E-state index in [4.69, 9.17) is 5.73 Å². The summed E-state index contributed by atoms with van der Waals surface area (Å²) in [6.07, 6.45) is 8.33. The third kappa shape index (κ3) is 5.51. The first kappa shape index (κ1) is 17.6. The lowest BCUT2D eigenvalue weighted by atomic mass is 9.80. The third-order valence-corrected chi connectivity index (χ3v) is 4.25. The summed E-state index contributed by atoms with van der Waals surface area (Å²) < 4.78 is 0. The Hall–Kier alpha value is -0.370. The van der Waals surface area contributed by atoms with Crippen LogP contribution >= 0.6 is 0 Å². The van der Waals surface area contributed by atoms with E-state index in [0.29, 0.717) is 0 Å². The highest BCUT2D eigenvalue weighted by Gasteiger charge is 2.30. The van der Waals surface area contributed by atoms with Crippen LogP contribution in [0.15, 0.2) is 0 Å². The quantitative estimate of drug-likeness (QED) is 0.768. The molecule has 0 heterocycles. The molecule has 0 amide bonds. The zero-order valence-electron chi connectivity index (χ0n) is 13.1.